The van der Waals surface area contributed by atoms with Crippen LogP contribution in [0.1, 0.15) is 21.5 Å². The van der Waals surface area contributed by atoms with Gasteiger partial charge in [0.25, 0.3) is 5.91 Å². The van der Waals surface area contributed by atoms with Crippen molar-refractivity contribution in [3.05, 3.63) is 75.3 Å². The van der Waals surface area contributed by atoms with Crippen molar-refractivity contribution < 1.29 is 23.8 Å². The predicted octanol–water partition coefficient (Wildman–Crippen LogP) is 4.74. The van der Waals surface area contributed by atoms with Crippen LogP contribution in [0.2, 0.25) is 0 Å². The average Bonchev–Trinajstić information content (AvgIpc) is 3.54. The molecule has 1 aliphatic heterocycles. The molecule has 7 nitrogen and oxygen atoms in total. The van der Waals surface area contributed by atoms with Crippen molar-refractivity contribution in [1.29, 1.82) is 0 Å². The van der Waals surface area contributed by atoms with Crippen LogP contribution < -0.4 is 9.64 Å². The second kappa shape index (κ2) is 7.12. The first-order chi connectivity index (χ1) is 14.6. The number of anilines is 1. The Morgan fingerprint density at radius 3 is 2.80 bits per heavy atom. The Morgan fingerprint density at radius 2 is 2.10 bits per heavy atom. The summed E-state index contributed by atoms with van der Waals surface area (Å²) in [6.07, 6.45) is 1.57. The van der Waals surface area contributed by atoms with Crippen LogP contribution in [0.3, 0.4) is 0 Å². The zero-order valence-corrected chi connectivity index (χ0v) is 17.2. The molecule has 0 spiro atoms. The molecule has 1 aliphatic rings. The maximum absolute atomic E-state index is 13.4. The van der Waals surface area contributed by atoms with Crippen LogP contribution in [0.25, 0.3) is 11.0 Å². The lowest BCUT2D eigenvalue weighted by Gasteiger charge is -2.22. The summed E-state index contributed by atoms with van der Waals surface area (Å²) in [6.45, 7) is 0. The molecule has 30 heavy (non-hydrogen) atoms. The first-order valence-electron chi connectivity index (χ1n) is 8.91. The van der Waals surface area contributed by atoms with Crippen molar-refractivity contribution in [1.82, 2.24) is 4.98 Å². The molecule has 3 aromatic heterocycles. The molecule has 4 heterocycles. The number of ether oxygens (including phenoxy) is 1. The highest BCUT2D eigenvalue weighted by atomic mass is 32.1. The molecule has 0 radical (unpaired) electrons. The van der Waals surface area contributed by atoms with Crippen molar-refractivity contribution in [2.24, 2.45) is 0 Å². The number of methoxy groups -OCH3 is 1. The number of ketones is 1. The van der Waals surface area contributed by atoms with Gasteiger partial charge < -0.3 is 14.3 Å². The molecule has 1 N–H and O–H groups in total. The lowest BCUT2D eigenvalue weighted by atomic mass is 10.0. The molecule has 1 unspecified atom stereocenters. The van der Waals surface area contributed by atoms with Gasteiger partial charge in [-0.05, 0) is 23.6 Å². The number of nitrogens with zero attached hydrogens (tertiary/aromatic N) is 2. The van der Waals surface area contributed by atoms with E-state index in [9.17, 15) is 14.7 Å². The third-order valence-corrected chi connectivity index (χ3v) is 6.54. The van der Waals surface area contributed by atoms with Gasteiger partial charge in [0.15, 0.2) is 28.0 Å². The van der Waals surface area contributed by atoms with E-state index in [2.05, 4.69) is 4.98 Å². The highest BCUT2D eigenvalue weighted by Gasteiger charge is 2.46. The molecule has 4 aromatic rings. The van der Waals surface area contributed by atoms with Crippen LogP contribution in [-0.4, -0.2) is 28.9 Å². The molecule has 150 valence electrons. The normalized spacial score (nSPS) is 16.6. The Morgan fingerprint density at radius 1 is 1.23 bits per heavy atom. The van der Waals surface area contributed by atoms with Gasteiger partial charge in [-0.3, -0.25) is 14.5 Å². The molecule has 0 saturated carbocycles. The van der Waals surface area contributed by atoms with Crippen LogP contribution in [0, 0.1) is 0 Å². The number of carbonyl (C=O) groups excluding carboxylic acids is 2. The van der Waals surface area contributed by atoms with E-state index in [1.54, 1.807) is 35.8 Å². The summed E-state index contributed by atoms with van der Waals surface area (Å²) in [7, 11) is 1.52. The van der Waals surface area contributed by atoms with E-state index < -0.39 is 23.5 Å². The maximum Gasteiger partial charge on any atom is 0.296 e. The second-order valence-electron chi connectivity index (χ2n) is 6.49. The Hall–Kier alpha value is -3.43. The number of amides is 1. The first-order valence-corrected chi connectivity index (χ1v) is 10.7. The largest absolute Gasteiger partial charge is 0.503 e. The van der Waals surface area contributed by atoms with Crippen LogP contribution in [0.15, 0.2) is 69.1 Å². The SMILES string of the molecule is COc1cccc2cc(C(=O)C3=C(O)C(=O)N(c4nccs4)C3c3cccs3)oc12. The predicted molar refractivity (Wildman–Crippen MR) is 113 cm³/mol. The fraction of sp³-hybridized carbons (Fsp3) is 0.0952. The van der Waals surface area contributed by atoms with Crippen LogP contribution in [0.5, 0.6) is 5.75 Å². The lowest BCUT2D eigenvalue weighted by Crippen LogP contribution is -2.30. The highest BCUT2D eigenvalue weighted by Crippen LogP contribution is 2.44. The highest BCUT2D eigenvalue weighted by molar-refractivity contribution is 7.14. The number of hydrogen-bond acceptors (Lipinski definition) is 8. The summed E-state index contributed by atoms with van der Waals surface area (Å²) in [5.41, 5.74) is 0.396. The number of aliphatic hydroxyl groups is 1. The van der Waals surface area contributed by atoms with Gasteiger partial charge in [-0.1, -0.05) is 18.2 Å². The summed E-state index contributed by atoms with van der Waals surface area (Å²) >= 11 is 2.64. The fourth-order valence-corrected chi connectivity index (χ4v) is 5.02. The summed E-state index contributed by atoms with van der Waals surface area (Å²) in [4.78, 5) is 32.7. The zero-order valence-electron chi connectivity index (χ0n) is 15.6. The third kappa shape index (κ3) is 2.74. The van der Waals surface area contributed by atoms with Crippen LogP contribution in [-0.2, 0) is 4.79 Å². The number of carbonyl (C=O) groups is 2. The number of aliphatic hydroxyl groups excluding tert-OH is 1. The minimum absolute atomic E-state index is 0.0198. The number of rotatable bonds is 5. The summed E-state index contributed by atoms with van der Waals surface area (Å²) in [6, 6.07) is 9.76. The minimum Gasteiger partial charge on any atom is -0.503 e. The summed E-state index contributed by atoms with van der Waals surface area (Å²) < 4.78 is 11.1. The van der Waals surface area contributed by atoms with E-state index in [1.165, 1.54) is 34.7 Å². The number of fused-ring (bicyclic) bond motifs is 1. The second-order valence-corrected chi connectivity index (χ2v) is 8.34. The van der Waals surface area contributed by atoms with Crippen LogP contribution in [0.4, 0.5) is 5.13 Å². The average molecular weight is 438 g/mol. The van der Waals surface area contributed by atoms with Crippen molar-refractivity contribution in [2.75, 3.05) is 12.0 Å². The maximum atomic E-state index is 13.4. The Bertz CT molecular complexity index is 1290. The Labute approximate surface area is 178 Å². The fourth-order valence-electron chi connectivity index (χ4n) is 3.53. The standard InChI is InChI=1S/C21H14N2O5S2/c1-27-12-5-2-4-11-10-13(28-19(11)12)17(24)15-16(14-6-3-8-29-14)23(20(26)18(15)25)21-22-7-9-30-21/h2-10,16,25H,1H3. The van der Waals surface area contributed by atoms with Gasteiger partial charge in [0.1, 0.15) is 6.04 Å². The summed E-state index contributed by atoms with van der Waals surface area (Å²) in [5, 5.41) is 15.4. The molecule has 1 atom stereocenters. The van der Waals surface area contributed by atoms with Gasteiger partial charge in [-0.2, -0.15) is 0 Å². The zero-order chi connectivity index (χ0) is 20.8. The Kier molecular flexibility index (Phi) is 4.41. The molecule has 0 bridgehead atoms. The summed E-state index contributed by atoms with van der Waals surface area (Å²) in [5.74, 6) is -1.31. The van der Waals surface area contributed by atoms with Gasteiger partial charge in [-0.25, -0.2) is 4.98 Å². The third-order valence-electron chi connectivity index (χ3n) is 4.84. The van der Waals surface area contributed by atoms with Crippen molar-refractivity contribution in [3.63, 3.8) is 0 Å². The van der Waals surface area contributed by atoms with E-state index in [-0.39, 0.29) is 11.3 Å². The van der Waals surface area contributed by atoms with Gasteiger partial charge in [0.2, 0.25) is 5.78 Å². The molecule has 0 saturated heterocycles. The van der Waals surface area contributed by atoms with Crippen molar-refractivity contribution in [3.8, 4) is 5.75 Å². The number of hydrogen-bond donors (Lipinski definition) is 1. The Balaban J connectivity index is 1.64. The van der Waals surface area contributed by atoms with E-state index in [4.69, 9.17) is 9.15 Å². The van der Waals surface area contributed by atoms with Gasteiger partial charge in [-0.15, -0.1) is 22.7 Å². The van der Waals surface area contributed by atoms with E-state index >= 15 is 0 Å². The molecule has 1 amide bonds. The molecule has 0 fully saturated rings. The monoisotopic (exact) mass is 438 g/mol. The van der Waals surface area contributed by atoms with Gasteiger partial charge >= 0.3 is 0 Å². The smallest absolute Gasteiger partial charge is 0.296 e. The molecular weight excluding hydrogens is 424 g/mol. The first kappa shape index (κ1) is 18.6. The molecule has 9 heteroatoms. The number of aromatic nitrogens is 1. The molecular formula is C21H14N2O5S2. The van der Waals surface area contributed by atoms with E-state index in [0.29, 0.717) is 21.9 Å². The van der Waals surface area contributed by atoms with Crippen molar-refractivity contribution >= 4 is 50.5 Å². The van der Waals surface area contributed by atoms with Crippen molar-refractivity contribution in [2.45, 2.75) is 6.04 Å². The molecule has 0 aliphatic carbocycles. The topological polar surface area (TPSA) is 92.9 Å². The van der Waals surface area contributed by atoms with Crippen LogP contribution >= 0.6 is 22.7 Å². The molecule has 5 rings (SSSR count). The van der Waals surface area contributed by atoms with Gasteiger partial charge in [0.05, 0.1) is 12.7 Å². The quantitative estimate of drug-likeness (QED) is 0.452. The van der Waals surface area contributed by atoms with Gasteiger partial charge in [0, 0.05) is 21.8 Å². The number of para-hydroxylation sites is 1. The lowest BCUT2D eigenvalue weighted by molar-refractivity contribution is -0.117. The number of thiazole rings is 1. The number of Topliss-reactive ketones (excluding diaryl/α,β-unsaturated/α-hetero) is 1. The number of benzene rings is 1. The van der Waals surface area contributed by atoms with E-state index in [1.807, 2.05) is 17.5 Å². The van der Waals surface area contributed by atoms with E-state index in [0.717, 1.165) is 4.88 Å². The minimum atomic E-state index is -0.786. The number of furan rings is 1. The number of thiophene rings is 1. The molecule has 1 aromatic carbocycles.